The van der Waals surface area contributed by atoms with Crippen molar-refractivity contribution in [3.63, 3.8) is 0 Å². The summed E-state index contributed by atoms with van der Waals surface area (Å²) in [5, 5.41) is 0. The standard InChI is InChI=1S/C30H42N2P2/c1-19-11-21(3)29(22(4)12-19)31-33-15-25(7)27(9)17-34(33,18-28(10)26(8)16-33)32-30-23(5)13-20(2)14-24(30)6/h11-14H,15-18H2,1-10H3. The number of fused-ring (bicyclic) bond motifs is 1. The molecule has 0 amide bonds. The molecule has 2 aromatic rings. The van der Waals surface area contributed by atoms with Crippen LogP contribution < -0.4 is 0 Å². The first kappa shape index (κ1) is 25.5. The Bertz CT molecular complexity index is 1180. The quantitative estimate of drug-likeness (QED) is 0.294. The molecule has 0 spiro atoms. The van der Waals surface area contributed by atoms with Crippen molar-refractivity contribution < 1.29 is 0 Å². The molecule has 0 atom stereocenters. The minimum Gasteiger partial charge on any atom is -0.261 e. The van der Waals surface area contributed by atoms with Crippen molar-refractivity contribution in [1.29, 1.82) is 0 Å². The zero-order valence-electron chi connectivity index (χ0n) is 22.9. The van der Waals surface area contributed by atoms with Gasteiger partial charge < -0.3 is 0 Å². The summed E-state index contributed by atoms with van der Waals surface area (Å²) < 4.78 is 11.9. The van der Waals surface area contributed by atoms with Gasteiger partial charge in [-0.1, -0.05) is 57.7 Å². The van der Waals surface area contributed by atoms with Crippen LogP contribution in [0.3, 0.4) is 0 Å². The van der Waals surface area contributed by atoms with Gasteiger partial charge in [-0.3, -0.25) is 9.49 Å². The molecule has 2 aliphatic heterocycles. The molecule has 2 aliphatic rings. The largest absolute Gasteiger partial charge is 0.261 e. The van der Waals surface area contributed by atoms with Gasteiger partial charge in [-0.2, -0.15) is 0 Å². The highest BCUT2D eigenvalue weighted by Crippen LogP contribution is 2.90. The van der Waals surface area contributed by atoms with E-state index in [9.17, 15) is 0 Å². The van der Waals surface area contributed by atoms with E-state index >= 15 is 0 Å². The lowest BCUT2D eigenvalue weighted by Crippen LogP contribution is -2.18. The SMILES string of the molecule is CC1=C(C)CP2(=Nc3c(C)cc(C)cc3C)CC(C)=C(C)CP2(=Nc2c(C)cc(C)cc2C)C1. The molecule has 0 N–H and O–H groups in total. The lowest BCUT2D eigenvalue weighted by molar-refractivity contribution is 1.16. The molecule has 2 aromatic carbocycles. The highest BCUT2D eigenvalue weighted by Gasteiger charge is 2.45. The fourth-order valence-corrected chi connectivity index (χ4v) is 20.7. The first-order valence-corrected chi connectivity index (χ1v) is 17.5. The Balaban J connectivity index is 2.14. The predicted molar refractivity (Wildman–Crippen MR) is 156 cm³/mol. The van der Waals surface area contributed by atoms with Crippen LogP contribution in [-0.4, -0.2) is 24.6 Å². The second kappa shape index (κ2) is 9.11. The van der Waals surface area contributed by atoms with Gasteiger partial charge in [-0.25, -0.2) is 0 Å². The van der Waals surface area contributed by atoms with Crippen LogP contribution >= 0.6 is 13.5 Å². The molecule has 0 aliphatic carbocycles. The average molecular weight is 493 g/mol. The summed E-state index contributed by atoms with van der Waals surface area (Å²) in [5.74, 6) is 0. The van der Waals surface area contributed by atoms with Crippen molar-refractivity contribution in [1.82, 2.24) is 0 Å². The summed E-state index contributed by atoms with van der Waals surface area (Å²) in [6, 6.07) is 9.24. The molecule has 0 saturated heterocycles. The van der Waals surface area contributed by atoms with Crippen molar-refractivity contribution in [3.8, 4) is 0 Å². The van der Waals surface area contributed by atoms with E-state index in [1.54, 1.807) is 22.3 Å². The normalized spacial score (nSPS) is 24.9. The lowest BCUT2D eigenvalue weighted by atomic mass is 10.1. The van der Waals surface area contributed by atoms with Crippen LogP contribution in [0, 0.1) is 41.5 Å². The first-order valence-electron chi connectivity index (χ1n) is 12.5. The molecule has 0 aromatic heterocycles. The van der Waals surface area contributed by atoms with Crippen LogP contribution in [0.25, 0.3) is 0 Å². The minimum atomic E-state index is -1.77. The Labute approximate surface area is 208 Å². The molecule has 4 rings (SSSR count). The molecule has 0 saturated carbocycles. The number of allylic oxidation sites excluding steroid dienone is 4. The second-order valence-electron chi connectivity index (χ2n) is 11.2. The van der Waals surface area contributed by atoms with Gasteiger partial charge in [0.25, 0.3) is 0 Å². The second-order valence-corrected chi connectivity index (χ2v) is 20.9. The fraction of sp³-hybridized carbons (Fsp3) is 0.467. The van der Waals surface area contributed by atoms with Gasteiger partial charge >= 0.3 is 0 Å². The third-order valence-corrected chi connectivity index (χ3v) is 20.8. The molecular formula is C30H42N2P2. The highest BCUT2D eigenvalue weighted by molar-refractivity contribution is 8.38. The van der Waals surface area contributed by atoms with E-state index in [-0.39, 0.29) is 0 Å². The fourth-order valence-electron chi connectivity index (χ4n) is 6.04. The van der Waals surface area contributed by atoms with Gasteiger partial charge in [0.1, 0.15) is 0 Å². The third kappa shape index (κ3) is 4.38. The maximum Gasteiger partial charge on any atom is 0.0676 e. The van der Waals surface area contributed by atoms with Crippen LogP contribution in [0.2, 0.25) is 0 Å². The number of rotatable bonds is 2. The van der Waals surface area contributed by atoms with Gasteiger partial charge in [0.15, 0.2) is 0 Å². The summed E-state index contributed by atoms with van der Waals surface area (Å²) in [5.41, 5.74) is 16.7. The highest BCUT2D eigenvalue weighted by atomic mass is 32.1. The van der Waals surface area contributed by atoms with E-state index in [4.69, 9.17) is 9.49 Å². The Hall–Kier alpha value is -1.62. The number of hydrogen-bond donors (Lipinski definition) is 0. The minimum absolute atomic E-state index is 1.14. The third-order valence-electron chi connectivity index (χ3n) is 7.95. The molecule has 2 nitrogen and oxygen atoms in total. The monoisotopic (exact) mass is 492 g/mol. The number of benzene rings is 2. The molecule has 2 heterocycles. The van der Waals surface area contributed by atoms with Crippen LogP contribution in [0.5, 0.6) is 0 Å². The first-order chi connectivity index (χ1) is 15.9. The van der Waals surface area contributed by atoms with Gasteiger partial charge in [0.2, 0.25) is 0 Å². The summed E-state index contributed by atoms with van der Waals surface area (Å²) in [7, 11) is 0. The Morgan fingerprint density at radius 3 is 0.912 bits per heavy atom. The summed E-state index contributed by atoms with van der Waals surface area (Å²) >= 11 is 0. The number of hydrogen-bond acceptors (Lipinski definition) is 2. The van der Waals surface area contributed by atoms with Crippen LogP contribution in [0.1, 0.15) is 61.1 Å². The lowest BCUT2D eigenvalue weighted by Gasteiger charge is -2.46. The maximum atomic E-state index is 5.93. The Kier molecular flexibility index (Phi) is 6.83. The average Bonchev–Trinajstić information content (AvgIpc) is 2.71. The molecule has 0 radical (unpaired) electrons. The van der Waals surface area contributed by atoms with Gasteiger partial charge in [0.05, 0.1) is 11.4 Å². The van der Waals surface area contributed by atoms with Crippen molar-refractivity contribution in [3.05, 3.63) is 79.9 Å². The molecule has 4 heteroatoms. The van der Waals surface area contributed by atoms with E-state index < -0.39 is 13.5 Å². The molecule has 0 bridgehead atoms. The zero-order chi connectivity index (χ0) is 25.0. The van der Waals surface area contributed by atoms with Crippen molar-refractivity contribution in [2.45, 2.75) is 69.2 Å². The maximum absolute atomic E-state index is 5.93. The van der Waals surface area contributed by atoms with Crippen molar-refractivity contribution in [2.75, 3.05) is 24.6 Å². The van der Waals surface area contributed by atoms with Crippen LogP contribution in [-0.2, 0) is 0 Å². The molecule has 0 unspecified atom stereocenters. The topological polar surface area (TPSA) is 24.7 Å². The van der Waals surface area contributed by atoms with E-state index in [0.29, 0.717) is 0 Å². The van der Waals surface area contributed by atoms with Crippen molar-refractivity contribution in [2.24, 2.45) is 9.49 Å². The van der Waals surface area contributed by atoms with Crippen LogP contribution in [0.15, 0.2) is 56.0 Å². The van der Waals surface area contributed by atoms with E-state index in [0.717, 1.165) is 24.6 Å². The van der Waals surface area contributed by atoms with E-state index in [1.807, 2.05) is 0 Å². The molecule has 34 heavy (non-hydrogen) atoms. The Morgan fingerprint density at radius 1 is 0.441 bits per heavy atom. The summed E-state index contributed by atoms with van der Waals surface area (Å²) in [4.78, 5) is 0. The van der Waals surface area contributed by atoms with Gasteiger partial charge in [0, 0.05) is 38.1 Å². The predicted octanol–water partition coefficient (Wildman–Crippen LogP) is 10.5. The molecule has 0 fully saturated rings. The number of nitrogens with zero attached hydrogens (tertiary/aromatic N) is 2. The van der Waals surface area contributed by atoms with Crippen molar-refractivity contribution >= 4 is 24.9 Å². The number of aryl methyl sites for hydroxylation is 6. The summed E-state index contributed by atoms with van der Waals surface area (Å²) in [6.45, 7) is 19.3. The van der Waals surface area contributed by atoms with E-state index in [1.165, 1.54) is 44.8 Å². The smallest absolute Gasteiger partial charge is 0.0676 e. The van der Waals surface area contributed by atoms with Crippen LogP contribution in [0.4, 0.5) is 11.4 Å². The van der Waals surface area contributed by atoms with Gasteiger partial charge in [-0.15, -0.1) is 0 Å². The molecular weight excluding hydrogens is 450 g/mol. The van der Waals surface area contributed by atoms with E-state index in [2.05, 4.69) is 93.5 Å². The summed E-state index contributed by atoms with van der Waals surface area (Å²) in [6.07, 6.45) is 4.55. The Morgan fingerprint density at radius 2 is 0.676 bits per heavy atom. The molecule has 182 valence electrons. The van der Waals surface area contributed by atoms with Gasteiger partial charge in [-0.05, 0) is 91.5 Å². The zero-order valence-corrected chi connectivity index (χ0v) is 24.7.